The Labute approximate surface area is 147 Å². The highest BCUT2D eigenvalue weighted by atomic mass is 19.4. The average Bonchev–Trinajstić information content (AvgIpc) is 2.59. The Kier molecular flexibility index (Phi) is 6.00. The number of nitrogens with one attached hydrogen (secondary N) is 2. The molecule has 0 aromatic heterocycles. The minimum absolute atomic E-state index is 0.0816. The van der Waals surface area contributed by atoms with Gasteiger partial charge in [-0.2, -0.15) is 13.2 Å². The van der Waals surface area contributed by atoms with Crippen LogP contribution in [0.1, 0.15) is 5.56 Å². The van der Waals surface area contributed by atoms with Gasteiger partial charge in [0.25, 0.3) is 0 Å². The number of methoxy groups -OCH3 is 1. The van der Waals surface area contributed by atoms with E-state index in [2.05, 4.69) is 5.32 Å². The zero-order valence-corrected chi connectivity index (χ0v) is 13.6. The van der Waals surface area contributed by atoms with Gasteiger partial charge >= 0.3 is 12.1 Å². The van der Waals surface area contributed by atoms with Crippen molar-refractivity contribution in [1.82, 2.24) is 0 Å². The first-order valence-electron chi connectivity index (χ1n) is 7.39. The van der Waals surface area contributed by atoms with Gasteiger partial charge in [0.05, 0.1) is 7.11 Å². The first kappa shape index (κ1) is 19.0. The van der Waals surface area contributed by atoms with Gasteiger partial charge in [-0.3, -0.25) is 9.59 Å². The molecule has 0 bridgehead atoms. The molecular formula is C18H15F3N2O3. The maximum Gasteiger partial charge on any atom is 0.471 e. The first-order valence-corrected chi connectivity index (χ1v) is 7.39. The third-order valence-electron chi connectivity index (χ3n) is 3.17. The molecule has 0 radical (unpaired) electrons. The molecule has 2 amide bonds. The molecule has 0 spiro atoms. The summed E-state index contributed by atoms with van der Waals surface area (Å²) in [5, 5.41) is 4.22. The van der Waals surface area contributed by atoms with E-state index in [1.54, 1.807) is 35.7 Å². The third kappa shape index (κ3) is 5.66. The zero-order valence-electron chi connectivity index (χ0n) is 13.6. The Bertz CT molecular complexity index is 832. The fourth-order valence-electron chi connectivity index (χ4n) is 1.98. The lowest BCUT2D eigenvalue weighted by Gasteiger charge is -2.09. The van der Waals surface area contributed by atoms with Crippen LogP contribution in [0.3, 0.4) is 0 Å². The molecule has 0 saturated heterocycles. The van der Waals surface area contributed by atoms with Crippen LogP contribution in [0, 0.1) is 0 Å². The van der Waals surface area contributed by atoms with Crippen molar-refractivity contribution in [3.8, 4) is 5.75 Å². The van der Waals surface area contributed by atoms with Gasteiger partial charge in [0, 0.05) is 17.5 Å². The number of amides is 2. The average molecular weight is 364 g/mol. The maximum absolute atomic E-state index is 12.3. The molecule has 0 atom stereocenters. The molecule has 2 aromatic carbocycles. The van der Waals surface area contributed by atoms with Crippen LogP contribution in [-0.4, -0.2) is 25.1 Å². The van der Waals surface area contributed by atoms with Gasteiger partial charge in [0.1, 0.15) is 5.75 Å². The van der Waals surface area contributed by atoms with Crippen molar-refractivity contribution >= 4 is 29.3 Å². The van der Waals surface area contributed by atoms with Crippen molar-refractivity contribution in [2.75, 3.05) is 17.7 Å². The highest BCUT2D eigenvalue weighted by Crippen LogP contribution is 2.20. The van der Waals surface area contributed by atoms with Crippen molar-refractivity contribution in [2.45, 2.75) is 6.18 Å². The fraction of sp³-hybridized carbons (Fsp3) is 0.111. The topological polar surface area (TPSA) is 67.4 Å². The van der Waals surface area contributed by atoms with Gasteiger partial charge in [-0.05, 0) is 42.0 Å². The van der Waals surface area contributed by atoms with Crippen LogP contribution < -0.4 is 15.4 Å². The van der Waals surface area contributed by atoms with Crippen LogP contribution in [0.15, 0.2) is 54.6 Å². The smallest absolute Gasteiger partial charge is 0.471 e. The molecule has 0 aliphatic heterocycles. The number of carbonyl (C=O) groups excluding carboxylic acids is 2. The third-order valence-corrected chi connectivity index (χ3v) is 3.17. The Balaban J connectivity index is 2.01. The molecule has 26 heavy (non-hydrogen) atoms. The molecule has 2 rings (SSSR count). The Morgan fingerprint density at radius 3 is 2.31 bits per heavy atom. The minimum atomic E-state index is -4.99. The number of carbonyl (C=O) groups is 2. The van der Waals surface area contributed by atoms with Crippen molar-refractivity contribution in [2.24, 2.45) is 0 Å². The Morgan fingerprint density at radius 2 is 1.65 bits per heavy atom. The summed E-state index contributed by atoms with van der Waals surface area (Å²) in [4.78, 5) is 22.9. The molecule has 0 saturated carbocycles. The number of hydrogen-bond acceptors (Lipinski definition) is 3. The van der Waals surface area contributed by atoms with Gasteiger partial charge in [0.15, 0.2) is 0 Å². The number of ether oxygens (including phenoxy) is 1. The highest BCUT2D eigenvalue weighted by Gasteiger charge is 2.38. The van der Waals surface area contributed by atoms with Gasteiger partial charge in [-0.15, -0.1) is 0 Å². The van der Waals surface area contributed by atoms with Crippen LogP contribution >= 0.6 is 0 Å². The van der Waals surface area contributed by atoms with Gasteiger partial charge in [-0.25, -0.2) is 0 Å². The maximum atomic E-state index is 12.3. The summed E-state index contributed by atoms with van der Waals surface area (Å²) in [6.07, 6.45) is -2.15. The SMILES string of the molecule is COc1cccc(/C=C/C(=O)Nc2cccc(NC(=O)C(F)(F)F)c2)c1. The second kappa shape index (κ2) is 8.19. The van der Waals surface area contributed by atoms with Crippen molar-refractivity contribution in [3.63, 3.8) is 0 Å². The molecular weight excluding hydrogens is 349 g/mol. The van der Waals surface area contributed by atoms with E-state index in [-0.39, 0.29) is 11.4 Å². The molecule has 0 unspecified atom stereocenters. The fourth-order valence-corrected chi connectivity index (χ4v) is 1.98. The van der Waals surface area contributed by atoms with Crippen molar-refractivity contribution in [3.05, 3.63) is 60.2 Å². The van der Waals surface area contributed by atoms with E-state index in [0.717, 1.165) is 5.56 Å². The van der Waals surface area contributed by atoms with E-state index in [4.69, 9.17) is 4.74 Å². The number of alkyl halides is 3. The highest BCUT2D eigenvalue weighted by molar-refractivity contribution is 6.02. The van der Waals surface area contributed by atoms with Crippen molar-refractivity contribution < 1.29 is 27.5 Å². The van der Waals surface area contributed by atoms with E-state index in [1.807, 2.05) is 0 Å². The number of hydrogen-bond donors (Lipinski definition) is 2. The molecule has 2 aromatic rings. The molecule has 5 nitrogen and oxygen atoms in total. The van der Waals surface area contributed by atoms with Gasteiger partial charge in [-0.1, -0.05) is 18.2 Å². The molecule has 0 fully saturated rings. The Hall–Kier alpha value is -3.29. The van der Waals surface area contributed by atoms with Crippen LogP contribution in [0.25, 0.3) is 6.08 Å². The molecule has 8 heteroatoms. The van der Waals surface area contributed by atoms with E-state index in [1.165, 1.54) is 37.5 Å². The van der Waals surface area contributed by atoms with Crippen LogP contribution in [0.2, 0.25) is 0 Å². The summed E-state index contributed by atoms with van der Waals surface area (Å²) >= 11 is 0. The van der Waals surface area contributed by atoms with Crippen LogP contribution in [0.4, 0.5) is 24.5 Å². The molecule has 0 heterocycles. The lowest BCUT2D eigenvalue weighted by Crippen LogP contribution is -2.29. The summed E-state index contributed by atoms with van der Waals surface area (Å²) in [6.45, 7) is 0. The van der Waals surface area contributed by atoms with Crippen molar-refractivity contribution in [1.29, 1.82) is 0 Å². The van der Waals surface area contributed by atoms with Gasteiger partial charge in [0.2, 0.25) is 5.91 Å². The summed E-state index contributed by atoms with van der Waals surface area (Å²) in [7, 11) is 1.53. The quantitative estimate of drug-likeness (QED) is 0.792. The van der Waals surface area contributed by atoms with Crippen LogP contribution in [0.5, 0.6) is 5.75 Å². The van der Waals surface area contributed by atoms with E-state index in [0.29, 0.717) is 5.75 Å². The zero-order chi connectivity index (χ0) is 19.2. The standard InChI is InChI=1S/C18H15F3N2O3/c1-26-15-7-2-4-12(10-15)8-9-16(24)22-13-5-3-6-14(11-13)23-17(25)18(19,20)21/h2-11H,1H3,(H,22,24)(H,23,25)/b9-8+. The first-order chi connectivity index (χ1) is 12.3. The molecule has 0 aliphatic carbocycles. The second-order valence-corrected chi connectivity index (χ2v) is 5.13. The van der Waals surface area contributed by atoms with Crippen LogP contribution in [-0.2, 0) is 9.59 Å². The normalized spacial score (nSPS) is 11.2. The summed E-state index contributed by atoms with van der Waals surface area (Å²) in [5.74, 6) is -1.92. The lowest BCUT2D eigenvalue weighted by molar-refractivity contribution is -0.167. The predicted octanol–water partition coefficient (Wildman–Crippen LogP) is 3.85. The molecule has 136 valence electrons. The summed E-state index contributed by atoms with van der Waals surface area (Å²) < 4.78 is 41.9. The Morgan fingerprint density at radius 1 is 1.00 bits per heavy atom. The number of halogens is 3. The number of anilines is 2. The summed E-state index contributed by atoms with van der Waals surface area (Å²) in [6, 6.07) is 12.4. The minimum Gasteiger partial charge on any atom is -0.497 e. The van der Waals surface area contributed by atoms with E-state index in [9.17, 15) is 22.8 Å². The largest absolute Gasteiger partial charge is 0.497 e. The van der Waals surface area contributed by atoms with E-state index >= 15 is 0 Å². The predicted molar refractivity (Wildman–Crippen MR) is 91.8 cm³/mol. The monoisotopic (exact) mass is 364 g/mol. The van der Waals surface area contributed by atoms with E-state index < -0.39 is 18.0 Å². The van der Waals surface area contributed by atoms with Gasteiger partial charge < -0.3 is 15.4 Å². The molecule has 0 aliphatic rings. The number of benzene rings is 2. The summed E-state index contributed by atoms with van der Waals surface area (Å²) in [5.41, 5.74) is 0.901. The lowest BCUT2D eigenvalue weighted by atomic mass is 10.2. The number of rotatable bonds is 5. The second-order valence-electron chi connectivity index (χ2n) is 5.13. The molecule has 2 N–H and O–H groups in total.